The standard InChI is InChI=1S/C39H50ClN5O4/c1-25-34(26(2)43(6)42-25)35-32(40)15-14-31-30(13-10-22-48-33-24-28(47-7)23-27-11-8-9-12-29(27)33)37(38(46)49-39(3,4)5)45(36(31)35)21-20-44-18-16-41-17-19-44/h9,12,14-15,23-24,41H,8,10-11,13,16-22H2,1-7H3. The van der Waals surface area contributed by atoms with Crippen molar-refractivity contribution in [2.45, 2.75) is 72.4 Å². The van der Waals surface area contributed by atoms with E-state index in [-0.39, 0.29) is 5.97 Å². The number of nitrogens with one attached hydrogen (secondary N) is 1. The number of halogens is 1. The van der Waals surface area contributed by atoms with Crippen LogP contribution < -0.4 is 14.8 Å². The molecule has 0 unspecified atom stereocenters. The van der Waals surface area contributed by atoms with Gasteiger partial charge in [0.25, 0.3) is 0 Å². The van der Waals surface area contributed by atoms with E-state index >= 15 is 0 Å². The maximum atomic E-state index is 14.3. The van der Waals surface area contributed by atoms with E-state index in [0.717, 1.165) is 102 Å². The van der Waals surface area contributed by atoms with E-state index in [0.29, 0.717) is 36.7 Å². The lowest BCUT2D eigenvalue weighted by molar-refractivity contribution is 0.00561. The predicted molar refractivity (Wildman–Crippen MR) is 197 cm³/mol. The molecule has 2 aromatic heterocycles. The molecule has 0 amide bonds. The van der Waals surface area contributed by atoms with Gasteiger partial charge in [0.15, 0.2) is 0 Å². The number of hydrogen-bond acceptors (Lipinski definition) is 7. The Labute approximate surface area is 295 Å². The first-order valence-corrected chi connectivity index (χ1v) is 17.9. The summed E-state index contributed by atoms with van der Waals surface area (Å²) in [7, 11) is 3.64. The number of aromatic nitrogens is 3. The van der Waals surface area contributed by atoms with Crippen LogP contribution in [0.15, 0.2) is 30.3 Å². The number of esters is 1. The number of fused-ring (bicyclic) bond motifs is 2. The Balaban J connectivity index is 1.44. The van der Waals surface area contributed by atoms with Crippen LogP contribution in [-0.4, -0.2) is 77.3 Å². The molecule has 262 valence electrons. The Kier molecular flexibility index (Phi) is 10.4. The largest absolute Gasteiger partial charge is 0.497 e. The Bertz CT molecular complexity index is 1880. The zero-order chi connectivity index (χ0) is 34.9. The van der Waals surface area contributed by atoms with Gasteiger partial charge in [-0.2, -0.15) is 5.10 Å². The van der Waals surface area contributed by atoms with Crippen LogP contribution in [0.25, 0.3) is 28.1 Å². The second-order valence-electron chi connectivity index (χ2n) is 14.2. The number of rotatable bonds is 11. The van der Waals surface area contributed by atoms with E-state index in [1.807, 2.05) is 51.6 Å². The summed E-state index contributed by atoms with van der Waals surface area (Å²) in [5, 5.41) is 9.83. The quantitative estimate of drug-likeness (QED) is 0.132. The summed E-state index contributed by atoms with van der Waals surface area (Å²) in [6.07, 6.45) is 7.64. The summed E-state index contributed by atoms with van der Waals surface area (Å²) < 4.78 is 22.2. The third-order valence-corrected chi connectivity index (χ3v) is 9.92. The number of carbonyl (C=O) groups is 1. The molecule has 1 saturated heterocycles. The van der Waals surface area contributed by atoms with E-state index in [1.165, 1.54) is 5.56 Å². The van der Waals surface area contributed by atoms with Gasteiger partial charge in [-0.25, -0.2) is 4.79 Å². The number of allylic oxidation sites excluding steroid dienone is 1. The lowest BCUT2D eigenvalue weighted by Crippen LogP contribution is -2.44. The van der Waals surface area contributed by atoms with Crippen LogP contribution in [0.4, 0.5) is 0 Å². The minimum absolute atomic E-state index is 0.325. The van der Waals surface area contributed by atoms with Crippen LogP contribution in [0.3, 0.4) is 0 Å². The third kappa shape index (κ3) is 7.39. The Hall–Kier alpha value is -3.79. The smallest absolute Gasteiger partial charge is 0.355 e. The fraction of sp³-hybridized carbons (Fsp3) is 0.487. The molecule has 9 nitrogen and oxygen atoms in total. The first-order valence-electron chi connectivity index (χ1n) is 17.5. The molecule has 0 atom stereocenters. The summed E-state index contributed by atoms with van der Waals surface area (Å²) in [6, 6.07) is 8.09. The van der Waals surface area contributed by atoms with Gasteiger partial charge >= 0.3 is 5.97 Å². The zero-order valence-electron chi connectivity index (χ0n) is 30.0. The van der Waals surface area contributed by atoms with Crippen molar-refractivity contribution < 1.29 is 19.0 Å². The first-order chi connectivity index (χ1) is 23.5. The highest BCUT2D eigenvalue weighted by atomic mass is 35.5. The van der Waals surface area contributed by atoms with Crippen LogP contribution in [0.1, 0.15) is 72.2 Å². The van der Waals surface area contributed by atoms with Crippen molar-refractivity contribution in [2.75, 3.05) is 46.4 Å². The molecular weight excluding hydrogens is 638 g/mol. The molecular formula is C39H50ClN5O4. The Morgan fingerprint density at radius 3 is 2.55 bits per heavy atom. The van der Waals surface area contributed by atoms with Gasteiger partial charge in [-0.1, -0.05) is 29.8 Å². The van der Waals surface area contributed by atoms with Crippen molar-refractivity contribution in [1.82, 2.24) is 24.6 Å². The van der Waals surface area contributed by atoms with E-state index in [9.17, 15) is 4.79 Å². The maximum absolute atomic E-state index is 14.3. The van der Waals surface area contributed by atoms with Gasteiger partial charge in [0.2, 0.25) is 0 Å². The number of piperazine rings is 1. The Morgan fingerprint density at radius 1 is 1.08 bits per heavy atom. The van der Waals surface area contributed by atoms with Gasteiger partial charge in [0, 0.05) is 80.2 Å². The van der Waals surface area contributed by atoms with Crippen LogP contribution >= 0.6 is 11.6 Å². The summed E-state index contributed by atoms with van der Waals surface area (Å²) >= 11 is 7.12. The molecule has 49 heavy (non-hydrogen) atoms. The Morgan fingerprint density at radius 2 is 1.86 bits per heavy atom. The van der Waals surface area contributed by atoms with Crippen molar-refractivity contribution >= 4 is 34.5 Å². The number of aryl methyl sites for hydroxylation is 4. The highest BCUT2D eigenvalue weighted by Gasteiger charge is 2.31. The maximum Gasteiger partial charge on any atom is 0.355 e. The second-order valence-corrected chi connectivity index (χ2v) is 14.6. The third-order valence-electron chi connectivity index (χ3n) is 9.61. The number of methoxy groups -OCH3 is 1. The normalized spacial score (nSPS) is 15.1. The SMILES string of the molecule is COc1cc2c(c(OCCCc3c(C(=O)OC(C)(C)C)n(CCN4CCNCC4)c4c(-c5c(C)nn(C)c5C)c(Cl)ccc34)c1)C=CCC2. The molecule has 1 fully saturated rings. The number of benzene rings is 2. The minimum Gasteiger partial charge on any atom is -0.497 e. The van der Waals surface area contributed by atoms with E-state index < -0.39 is 5.60 Å². The van der Waals surface area contributed by atoms with Gasteiger partial charge < -0.3 is 24.1 Å². The molecule has 2 aliphatic rings. The highest BCUT2D eigenvalue weighted by molar-refractivity contribution is 6.35. The second kappa shape index (κ2) is 14.6. The molecule has 1 aliphatic heterocycles. The van der Waals surface area contributed by atoms with E-state index in [2.05, 4.69) is 46.0 Å². The lowest BCUT2D eigenvalue weighted by atomic mass is 9.96. The van der Waals surface area contributed by atoms with Gasteiger partial charge in [-0.15, -0.1) is 0 Å². The lowest BCUT2D eigenvalue weighted by Gasteiger charge is -2.28. The molecule has 2 aromatic carbocycles. The molecule has 0 saturated carbocycles. The number of ether oxygens (including phenoxy) is 3. The monoisotopic (exact) mass is 687 g/mol. The average Bonchev–Trinajstić information content (AvgIpc) is 3.52. The molecule has 6 rings (SSSR count). The molecule has 4 aromatic rings. The van der Waals surface area contributed by atoms with Gasteiger partial charge in [-0.05, 0) is 83.6 Å². The summed E-state index contributed by atoms with van der Waals surface area (Å²) in [6.45, 7) is 15.6. The number of carbonyl (C=O) groups excluding carboxylic acids is 1. The minimum atomic E-state index is -0.659. The zero-order valence-corrected chi connectivity index (χ0v) is 30.8. The van der Waals surface area contributed by atoms with Crippen LogP contribution in [0.2, 0.25) is 5.02 Å². The van der Waals surface area contributed by atoms with Crippen molar-refractivity contribution in [3.63, 3.8) is 0 Å². The highest BCUT2D eigenvalue weighted by Crippen LogP contribution is 2.42. The van der Waals surface area contributed by atoms with E-state index in [4.69, 9.17) is 30.9 Å². The van der Waals surface area contributed by atoms with Gasteiger partial charge in [-0.3, -0.25) is 9.58 Å². The average molecular weight is 688 g/mol. The number of hydrogen-bond donors (Lipinski definition) is 1. The molecule has 0 radical (unpaired) electrons. The van der Waals surface area contributed by atoms with Crippen molar-refractivity contribution in [1.29, 1.82) is 0 Å². The van der Waals surface area contributed by atoms with Crippen molar-refractivity contribution in [3.05, 3.63) is 69.1 Å². The molecule has 3 heterocycles. The fourth-order valence-corrected chi connectivity index (χ4v) is 7.49. The topological polar surface area (TPSA) is 82.8 Å². The van der Waals surface area contributed by atoms with Crippen molar-refractivity contribution in [3.8, 4) is 22.6 Å². The molecule has 1 N–H and O–H groups in total. The van der Waals surface area contributed by atoms with Crippen LogP contribution in [0, 0.1) is 13.8 Å². The van der Waals surface area contributed by atoms with Crippen LogP contribution in [0.5, 0.6) is 11.5 Å². The van der Waals surface area contributed by atoms with Crippen LogP contribution in [-0.2, 0) is 31.2 Å². The van der Waals surface area contributed by atoms with Gasteiger partial charge in [0.05, 0.1) is 29.9 Å². The number of nitrogens with zero attached hydrogens (tertiary/aromatic N) is 4. The molecule has 10 heteroatoms. The van der Waals surface area contributed by atoms with Crippen molar-refractivity contribution in [2.24, 2.45) is 7.05 Å². The molecule has 0 spiro atoms. The van der Waals surface area contributed by atoms with Gasteiger partial charge in [0.1, 0.15) is 22.8 Å². The molecule has 0 bridgehead atoms. The predicted octanol–water partition coefficient (Wildman–Crippen LogP) is 7.15. The van der Waals surface area contributed by atoms with E-state index in [1.54, 1.807) is 7.11 Å². The fourth-order valence-electron chi connectivity index (χ4n) is 7.24. The summed E-state index contributed by atoms with van der Waals surface area (Å²) in [5.74, 6) is 1.30. The first kappa shape index (κ1) is 35.1. The summed E-state index contributed by atoms with van der Waals surface area (Å²) in [5.41, 5.74) is 8.01. The summed E-state index contributed by atoms with van der Waals surface area (Å²) in [4.78, 5) is 16.8. The molecule has 1 aliphatic carbocycles.